The van der Waals surface area contributed by atoms with E-state index in [2.05, 4.69) is 20.6 Å². The number of hydrogen-bond donors (Lipinski definition) is 2. The van der Waals surface area contributed by atoms with Crippen LogP contribution in [-0.4, -0.2) is 23.1 Å². The molecule has 1 radical (unpaired) electrons. The van der Waals surface area contributed by atoms with Crippen LogP contribution in [0.1, 0.15) is 12.0 Å². The second kappa shape index (κ2) is 2.40. The van der Waals surface area contributed by atoms with Crippen LogP contribution in [0, 0.1) is 0 Å². The zero-order valence-corrected chi connectivity index (χ0v) is 5.54. The van der Waals surface area contributed by atoms with Gasteiger partial charge in [-0.3, -0.25) is 5.32 Å². The van der Waals surface area contributed by atoms with Crippen molar-refractivity contribution in [3.63, 3.8) is 0 Å². The molecule has 4 nitrogen and oxygen atoms in total. The summed E-state index contributed by atoms with van der Waals surface area (Å²) in [6.45, 7) is 1.86. The number of aromatic nitrogens is 2. The lowest BCUT2D eigenvalue weighted by Gasteiger charge is -2.03. The van der Waals surface area contributed by atoms with Gasteiger partial charge in [-0.15, -0.1) is 0 Å². The molecule has 10 heavy (non-hydrogen) atoms. The number of nitrogens with zero attached hydrogens (tertiary/aromatic N) is 2. The summed E-state index contributed by atoms with van der Waals surface area (Å²) in [7, 11) is 0. The average molecular weight is 137 g/mol. The first kappa shape index (κ1) is 5.88. The molecule has 1 aromatic heterocycles. The molecule has 1 fully saturated rings. The molecule has 0 bridgehead atoms. The van der Waals surface area contributed by atoms with Crippen molar-refractivity contribution in [1.82, 2.24) is 20.6 Å². The van der Waals surface area contributed by atoms with Gasteiger partial charge in [0.1, 0.15) is 12.0 Å². The molecule has 2 rings (SSSR count). The lowest BCUT2D eigenvalue weighted by Crippen LogP contribution is -2.18. The minimum Gasteiger partial charge on any atom is -0.346 e. The molecule has 0 aliphatic carbocycles. The van der Waals surface area contributed by atoms with Crippen LogP contribution in [-0.2, 0) is 0 Å². The van der Waals surface area contributed by atoms with Crippen LogP contribution < -0.4 is 10.6 Å². The predicted molar refractivity (Wildman–Crippen MR) is 36.3 cm³/mol. The number of hydrogen-bond acceptors (Lipinski definition) is 2. The van der Waals surface area contributed by atoms with Crippen LogP contribution in [0.5, 0.6) is 0 Å². The first-order valence-corrected chi connectivity index (χ1v) is 3.36. The third kappa shape index (κ3) is 0.913. The van der Waals surface area contributed by atoms with E-state index >= 15 is 0 Å². The van der Waals surface area contributed by atoms with Crippen molar-refractivity contribution in [3.8, 4) is 0 Å². The molecule has 1 aromatic rings. The highest BCUT2D eigenvalue weighted by Gasteiger charge is 2.17. The van der Waals surface area contributed by atoms with Crippen LogP contribution in [0.3, 0.4) is 0 Å². The fourth-order valence-electron chi connectivity index (χ4n) is 1.07. The first-order chi connectivity index (χ1) is 4.97. The molecule has 4 heteroatoms. The van der Waals surface area contributed by atoms with Crippen molar-refractivity contribution < 1.29 is 0 Å². The lowest BCUT2D eigenvalue weighted by molar-refractivity contribution is 0.549. The van der Waals surface area contributed by atoms with Crippen LogP contribution >= 0.6 is 0 Å². The lowest BCUT2D eigenvalue weighted by atomic mass is 10.5. The zero-order chi connectivity index (χ0) is 6.81. The first-order valence-electron chi connectivity index (χ1n) is 3.36. The van der Waals surface area contributed by atoms with Crippen LogP contribution in [0.15, 0.2) is 12.4 Å². The Labute approximate surface area is 59.0 Å². The third-order valence-corrected chi connectivity index (χ3v) is 1.54. The average Bonchev–Trinajstić information content (AvgIpc) is 2.59. The largest absolute Gasteiger partial charge is 0.346 e. The van der Waals surface area contributed by atoms with Gasteiger partial charge in [0.2, 0.25) is 0 Å². The Balaban J connectivity index is 2.12. The molecule has 1 unspecified atom stereocenters. The van der Waals surface area contributed by atoms with Gasteiger partial charge in [-0.1, -0.05) is 0 Å². The van der Waals surface area contributed by atoms with Crippen molar-refractivity contribution in [2.24, 2.45) is 0 Å². The van der Waals surface area contributed by atoms with Crippen LogP contribution in [0.2, 0.25) is 0 Å². The molecule has 1 aliphatic heterocycles. The maximum atomic E-state index is 4.27. The Morgan fingerprint density at radius 1 is 1.60 bits per heavy atom. The molecule has 1 atom stereocenters. The van der Waals surface area contributed by atoms with Gasteiger partial charge in [-0.2, -0.15) is 0 Å². The summed E-state index contributed by atoms with van der Waals surface area (Å²) in [5, 5.41) is 7.47. The van der Waals surface area contributed by atoms with E-state index in [1.807, 2.05) is 6.20 Å². The maximum absolute atomic E-state index is 4.27. The molecule has 1 saturated heterocycles. The SMILES string of the molecule is c1c[nH]c(C2[N]CCN2)n1. The van der Waals surface area contributed by atoms with Gasteiger partial charge in [-0.25, -0.2) is 10.3 Å². The molecular weight excluding hydrogens is 128 g/mol. The van der Waals surface area contributed by atoms with E-state index in [9.17, 15) is 0 Å². The van der Waals surface area contributed by atoms with E-state index in [0.29, 0.717) is 0 Å². The second-order valence-electron chi connectivity index (χ2n) is 2.24. The predicted octanol–water partition coefficient (Wildman–Crippen LogP) is -0.384. The molecular formula is C6H9N4. The summed E-state index contributed by atoms with van der Waals surface area (Å²) in [5.41, 5.74) is 0. The summed E-state index contributed by atoms with van der Waals surface area (Å²) in [4.78, 5) is 7.10. The summed E-state index contributed by atoms with van der Waals surface area (Å²) in [5.74, 6) is 0.914. The summed E-state index contributed by atoms with van der Waals surface area (Å²) < 4.78 is 0. The Kier molecular flexibility index (Phi) is 1.41. The molecule has 53 valence electrons. The number of nitrogens with one attached hydrogen (secondary N) is 2. The zero-order valence-electron chi connectivity index (χ0n) is 5.54. The van der Waals surface area contributed by atoms with Crippen molar-refractivity contribution in [3.05, 3.63) is 18.2 Å². The van der Waals surface area contributed by atoms with E-state index in [0.717, 1.165) is 18.9 Å². The third-order valence-electron chi connectivity index (χ3n) is 1.54. The van der Waals surface area contributed by atoms with Crippen molar-refractivity contribution in [1.29, 1.82) is 0 Å². The van der Waals surface area contributed by atoms with E-state index in [4.69, 9.17) is 0 Å². The Hall–Kier alpha value is -0.870. The van der Waals surface area contributed by atoms with Gasteiger partial charge >= 0.3 is 0 Å². The highest BCUT2D eigenvalue weighted by atomic mass is 15.2. The molecule has 0 amide bonds. The van der Waals surface area contributed by atoms with E-state index < -0.39 is 0 Å². The quantitative estimate of drug-likeness (QED) is 0.554. The summed E-state index contributed by atoms with van der Waals surface area (Å²) in [6.07, 6.45) is 3.66. The van der Waals surface area contributed by atoms with Crippen molar-refractivity contribution in [2.45, 2.75) is 6.17 Å². The van der Waals surface area contributed by atoms with Gasteiger partial charge in [0.25, 0.3) is 0 Å². The fourth-order valence-corrected chi connectivity index (χ4v) is 1.07. The Bertz CT molecular complexity index is 188. The maximum Gasteiger partial charge on any atom is 0.139 e. The normalized spacial score (nSPS) is 20.0. The fraction of sp³-hybridized carbons (Fsp3) is 0.500. The van der Waals surface area contributed by atoms with Crippen molar-refractivity contribution in [2.75, 3.05) is 13.1 Å². The molecule has 0 aromatic carbocycles. The van der Waals surface area contributed by atoms with E-state index in [1.54, 1.807) is 6.20 Å². The van der Waals surface area contributed by atoms with E-state index in [1.165, 1.54) is 0 Å². The minimum absolute atomic E-state index is 0.106. The topological polar surface area (TPSA) is 54.8 Å². The smallest absolute Gasteiger partial charge is 0.139 e. The molecule has 0 spiro atoms. The second-order valence-corrected chi connectivity index (χ2v) is 2.24. The molecule has 2 heterocycles. The van der Waals surface area contributed by atoms with Gasteiger partial charge in [0.05, 0.1) is 0 Å². The van der Waals surface area contributed by atoms with Gasteiger partial charge in [-0.05, 0) is 0 Å². The van der Waals surface area contributed by atoms with Gasteiger partial charge < -0.3 is 4.98 Å². The number of imidazole rings is 1. The molecule has 0 saturated carbocycles. The number of aromatic amines is 1. The molecule has 2 N–H and O–H groups in total. The van der Waals surface area contributed by atoms with Crippen LogP contribution in [0.25, 0.3) is 0 Å². The Morgan fingerprint density at radius 3 is 3.20 bits per heavy atom. The van der Waals surface area contributed by atoms with Crippen molar-refractivity contribution >= 4 is 0 Å². The number of H-pyrrole nitrogens is 1. The minimum atomic E-state index is 0.106. The van der Waals surface area contributed by atoms with Gasteiger partial charge in [0.15, 0.2) is 0 Å². The van der Waals surface area contributed by atoms with E-state index in [-0.39, 0.29) is 6.17 Å². The monoisotopic (exact) mass is 137 g/mol. The summed E-state index contributed by atoms with van der Waals surface area (Å²) >= 11 is 0. The highest BCUT2D eigenvalue weighted by Crippen LogP contribution is 2.06. The standard InChI is InChI=1S/C6H9N4/c1-2-8-5(7-1)6-9-3-4-10-6/h1-2,6,9H,3-4H2,(H,7,8). The Morgan fingerprint density at radius 2 is 2.60 bits per heavy atom. The number of rotatable bonds is 1. The van der Waals surface area contributed by atoms with Crippen LogP contribution in [0.4, 0.5) is 0 Å². The van der Waals surface area contributed by atoms with Gasteiger partial charge in [0, 0.05) is 25.5 Å². The summed E-state index contributed by atoms with van der Waals surface area (Å²) in [6, 6.07) is 0. The highest BCUT2D eigenvalue weighted by molar-refractivity contribution is 4.96. The molecule has 1 aliphatic rings.